The van der Waals surface area contributed by atoms with Crippen LogP contribution in [0.3, 0.4) is 0 Å². The van der Waals surface area contributed by atoms with Crippen molar-refractivity contribution in [1.29, 1.82) is 0 Å². The molecule has 0 bridgehead atoms. The van der Waals surface area contributed by atoms with E-state index >= 15 is 0 Å². The molecule has 1 aliphatic carbocycles. The molecular formula is C17H29BrN2S. The third-order valence-corrected chi connectivity index (χ3v) is 5.99. The fourth-order valence-corrected chi connectivity index (χ4v) is 4.83. The lowest BCUT2D eigenvalue weighted by atomic mass is 9.84. The van der Waals surface area contributed by atoms with Crippen LogP contribution >= 0.6 is 27.3 Å². The first-order valence-electron chi connectivity index (χ1n) is 7.95. The molecule has 1 N–H and O–H groups in total. The van der Waals surface area contributed by atoms with Crippen LogP contribution in [0.5, 0.6) is 0 Å². The van der Waals surface area contributed by atoms with Crippen LogP contribution in [0.1, 0.15) is 51.3 Å². The van der Waals surface area contributed by atoms with Gasteiger partial charge in [0.15, 0.2) is 0 Å². The van der Waals surface area contributed by atoms with Crippen LogP contribution < -0.4 is 5.32 Å². The van der Waals surface area contributed by atoms with Gasteiger partial charge in [0.05, 0.1) is 0 Å². The molecule has 0 amide bonds. The molecule has 2 rings (SSSR count). The van der Waals surface area contributed by atoms with Gasteiger partial charge in [-0.15, -0.1) is 11.3 Å². The van der Waals surface area contributed by atoms with Gasteiger partial charge in [0.2, 0.25) is 0 Å². The monoisotopic (exact) mass is 372 g/mol. The molecule has 0 aliphatic heterocycles. The van der Waals surface area contributed by atoms with Crippen molar-refractivity contribution in [2.75, 3.05) is 20.1 Å². The Hall–Kier alpha value is 0.1000. The summed E-state index contributed by atoms with van der Waals surface area (Å²) in [4.78, 5) is 3.95. The van der Waals surface area contributed by atoms with E-state index in [4.69, 9.17) is 0 Å². The highest BCUT2D eigenvalue weighted by Crippen LogP contribution is 2.39. The lowest BCUT2D eigenvalue weighted by molar-refractivity contribution is 0.157. The second kappa shape index (κ2) is 7.12. The van der Waals surface area contributed by atoms with E-state index in [0.717, 1.165) is 13.1 Å². The fraction of sp³-hybridized carbons (Fsp3) is 0.765. The van der Waals surface area contributed by atoms with E-state index in [9.17, 15) is 0 Å². The number of hydrogen-bond donors (Lipinski definition) is 1. The molecule has 0 aromatic carbocycles. The Kier molecular flexibility index (Phi) is 5.91. The van der Waals surface area contributed by atoms with Crippen LogP contribution in [0.4, 0.5) is 0 Å². The van der Waals surface area contributed by atoms with E-state index < -0.39 is 0 Å². The van der Waals surface area contributed by atoms with Gasteiger partial charge in [-0.2, -0.15) is 0 Å². The third-order valence-electron chi connectivity index (χ3n) is 4.31. The minimum Gasteiger partial charge on any atom is -0.311 e. The summed E-state index contributed by atoms with van der Waals surface area (Å²) in [5, 5.41) is 5.92. The van der Waals surface area contributed by atoms with Gasteiger partial charge in [-0.1, -0.05) is 12.8 Å². The molecule has 0 unspecified atom stereocenters. The van der Waals surface area contributed by atoms with Crippen molar-refractivity contribution >= 4 is 27.3 Å². The zero-order chi connectivity index (χ0) is 15.5. The molecular weight excluding hydrogens is 344 g/mol. The fourth-order valence-electron chi connectivity index (χ4n) is 3.30. The van der Waals surface area contributed by atoms with Gasteiger partial charge in [-0.05, 0) is 68.1 Å². The first-order valence-corrected chi connectivity index (χ1v) is 9.62. The van der Waals surface area contributed by atoms with E-state index in [1.807, 2.05) is 11.3 Å². The number of nitrogens with one attached hydrogen (secondary N) is 1. The van der Waals surface area contributed by atoms with Crippen molar-refractivity contribution in [3.05, 3.63) is 20.8 Å². The molecule has 1 heterocycles. The summed E-state index contributed by atoms with van der Waals surface area (Å²) in [6, 6.07) is 2.25. The van der Waals surface area contributed by atoms with Gasteiger partial charge in [0, 0.05) is 39.9 Å². The third kappa shape index (κ3) is 5.66. The molecule has 120 valence electrons. The molecule has 0 saturated heterocycles. The number of halogens is 1. The minimum absolute atomic E-state index is 0.215. The summed E-state index contributed by atoms with van der Waals surface area (Å²) in [7, 11) is 2.27. The maximum atomic E-state index is 3.75. The van der Waals surface area contributed by atoms with Crippen molar-refractivity contribution < 1.29 is 0 Å². The Morgan fingerprint density at radius 2 is 2.00 bits per heavy atom. The lowest BCUT2D eigenvalue weighted by Crippen LogP contribution is -2.47. The largest absolute Gasteiger partial charge is 0.311 e. The number of nitrogens with zero attached hydrogens (tertiary/aromatic N) is 1. The average Bonchev–Trinajstić information content (AvgIpc) is 2.96. The first-order chi connectivity index (χ1) is 9.78. The first kappa shape index (κ1) is 17.5. The summed E-state index contributed by atoms with van der Waals surface area (Å²) in [5.74, 6) is 0. The van der Waals surface area contributed by atoms with Gasteiger partial charge in [-0.25, -0.2) is 0 Å². The molecule has 21 heavy (non-hydrogen) atoms. The standard InChI is InChI=1S/C17H29BrN2S/c1-16(2,3)19-12-17(7-5-6-8-17)13-20(4)10-15-9-14(18)11-21-15/h9,11,19H,5-8,10,12-13H2,1-4H3. The van der Waals surface area contributed by atoms with Crippen LogP contribution in [0.25, 0.3) is 0 Å². The topological polar surface area (TPSA) is 15.3 Å². The molecule has 1 fully saturated rings. The van der Waals surface area contributed by atoms with Crippen LogP contribution in [-0.2, 0) is 6.54 Å². The van der Waals surface area contributed by atoms with E-state index in [2.05, 4.69) is 65.4 Å². The van der Waals surface area contributed by atoms with Gasteiger partial charge < -0.3 is 10.2 Å². The normalized spacial score (nSPS) is 18.6. The molecule has 0 radical (unpaired) electrons. The summed E-state index contributed by atoms with van der Waals surface area (Å²) >= 11 is 5.40. The summed E-state index contributed by atoms with van der Waals surface area (Å²) in [6.07, 6.45) is 5.53. The SMILES string of the molecule is CN(Cc1cc(Br)cs1)CC1(CNC(C)(C)C)CCCC1. The second-order valence-corrected chi connectivity index (χ2v) is 9.63. The minimum atomic E-state index is 0.215. The average molecular weight is 373 g/mol. The van der Waals surface area contributed by atoms with Crippen LogP contribution in [0.15, 0.2) is 15.9 Å². The highest BCUT2D eigenvalue weighted by atomic mass is 79.9. The van der Waals surface area contributed by atoms with Crippen molar-refractivity contribution in [1.82, 2.24) is 10.2 Å². The van der Waals surface area contributed by atoms with Gasteiger partial charge in [0.25, 0.3) is 0 Å². The van der Waals surface area contributed by atoms with Crippen molar-refractivity contribution in [2.45, 2.75) is 58.5 Å². The predicted molar refractivity (Wildman–Crippen MR) is 97.0 cm³/mol. The Morgan fingerprint density at radius 3 is 2.52 bits per heavy atom. The zero-order valence-electron chi connectivity index (χ0n) is 13.8. The zero-order valence-corrected chi connectivity index (χ0v) is 16.2. The van der Waals surface area contributed by atoms with Crippen LogP contribution in [0, 0.1) is 5.41 Å². The van der Waals surface area contributed by atoms with Crippen molar-refractivity contribution in [2.24, 2.45) is 5.41 Å². The molecule has 1 aromatic rings. The summed E-state index contributed by atoms with van der Waals surface area (Å²) < 4.78 is 1.21. The summed E-state index contributed by atoms with van der Waals surface area (Å²) in [6.45, 7) is 10.2. The molecule has 0 atom stereocenters. The van der Waals surface area contributed by atoms with Crippen LogP contribution in [0.2, 0.25) is 0 Å². The highest BCUT2D eigenvalue weighted by Gasteiger charge is 2.35. The number of hydrogen-bond acceptors (Lipinski definition) is 3. The van der Waals surface area contributed by atoms with E-state index in [1.54, 1.807) is 0 Å². The maximum absolute atomic E-state index is 3.75. The van der Waals surface area contributed by atoms with Gasteiger partial charge >= 0.3 is 0 Å². The van der Waals surface area contributed by atoms with Gasteiger partial charge in [-0.3, -0.25) is 0 Å². The number of rotatable bonds is 6. The van der Waals surface area contributed by atoms with Crippen LogP contribution in [-0.4, -0.2) is 30.6 Å². The highest BCUT2D eigenvalue weighted by molar-refractivity contribution is 9.10. The Balaban J connectivity index is 1.92. The Morgan fingerprint density at radius 1 is 1.33 bits per heavy atom. The quantitative estimate of drug-likeness (QED) is 0.764. The number of thiophene rings is 1. The molecule has 1 aliphatic rings. The molecule has 0 spiro atoms. The smallest absolute Gasteiger partial charge is 0.0325 e. The van der Waals surface area contributed by atoms with Crippen molar-refractivity contribution in [3.8, 4) is 0 Å². The van der Waals surface area contributed by atoms with E-state index in [-0.39, 0.29) is 5.54 Å². The molecule has 1 saturated carbocycles. The van der Waals surface area contributed by atoms with E-state index in [1.165, 1.54) is 41.6 Å². The molecule has 1 aromatic heterocycles. The lowest BCUT2D eigenvalue weighted by Gasteiger charge is -2.36. The summed E-state index contributed by atoms with van der Waals surface area (Å²) in [5.41, 5.74) is 0.684. The molecule has 2 nitrogen and oxygen atoms in total. The van der Waals surface area contributed by atoms with Gasteiger partial charge in [0.1, 0.15) is 0 Å². The molecule has 4 heteroatoms. The Labute approximate surface area is 142 Å². The maximum Gasteiger partial charge on any atom is 0.0325 e. The van der Waals surface area contributed by atoms with Crippen molar-refractivity contribution in [3.63, 3.8) is 0 Å². The van der Waals surface area contributed by atoms with E-state index in [0.29, 0.717) is 5.41 Å². The Bertz CT molecular complexity index is 444. The second-order valence-electron chi connectivity index (χ2n) is 7.71. The predicted octanol–water partition coefficient (Wildman–Crippen LogP) is 4.89.